The third-order valence-electron chi connectivity index (χ3n) is 5.28. The molecular formula is C16H17ClN2O. The predicted molar refractivity (Wildman–Crippen MR) is 80.2 cm³/mol. The first-order chi connectivity index (χ1) is 9.52. The summed E-state index contributed by atoms with van der Waals surface area (Å²) in [7, 11) is 1.93. The van der Waals surface area contributed by atoms with Crippen molar-refractivity contribution in [2.24, 2.45) is 5.92 Å². The summed E-state index contributed by atoms with van der Waals surface area (Å²) in [6.45, 7) is 1.98. The van der Waals surface area contributed by atoms with Gasteiger partial charge in [-0.25, -0.2) is 0 Å². The highest BCUT2D eigenvalue weighted by molar-refractivity contribution is 6.35. The highest BCUT2D eigenvalue weighted by Gasteiger charge is 2.60. The van der Waals surface area contributed by atoms with Gasteiger partial charge in [-0.3, -0.25) is 4.79 Å². The molecular weight excluding hydrogens is 272 g/mol. The number of nitrogens with zero attached hydrogens (tertiary/aromatic N) is 1. The van der Waals surface area contributed by atoms with Crippen molar-refractivity contribution in [3.63, 3.8) is 0 Å². The second-order valence-corrected chi connectivity index (χ2v) is 6.76. The van der Waals surface area contributed by atoms with E-state index in [2.05, 4.69) is 4.98 Å². The minimum absolute atomic E-state index is 0.0907. The van der Waals surface area contributed by atoms with Gasteiger partial charge in [-0.1, -0.05) is 23.7 Å². The Morgan fingerprint density at radius 2 is 2.10 bits per heavy atom. The number of halogens is 1. The number of nitrogens with one attached hydrogen (secondary N) is 1. The van der Waals surface area contributed by atoms with E-state index < -0.39 is 0 Å². The van der Waals surface area contributed by atoms with Crippen LogP contribution in [0.4, 0.5) is 0 Å². The minimum atomic E-state index is 0.0907. The molecule has 20 heavy (non-hydrogen) atoms. The van der Waals surface area contributed by atoms with Crippen LogP contribution in [0.25, 0.3) is 10.9 Å². The van der Waals surface area contributed by atoms with E-state index in [9.17, 15) is 4.79 Å². The van der Waals surface area contributed by atoms with Gasteiger partial charge in [0, 0.05) is 18.0 Å². The lowest BCUT2D eigenvalue weighted by Gasteiger charge is -2.65. The maximum atomic E-state index is 12.8. The van der Waals surface area contributed by atoms with E-state index in [0.29, 0.717) is 10.7 Å². The first-order valence-corrected chi connectivity index (χ1v) is 7.44. The smallest absolute Gasteiger partial charge is 0.270 e. The number of benzene rings is 1. The van der Waals surface area contributed by atoms with E-state index in [1.807, 2.05) is 37.1 Å². The summed E-state index contributed by atoms with van der Waals surface area (Å²) in [5.74, 6) is 0.955. The van der Waals surface area contributed by atoms with Crippen LogP contribution in [0.1, 0.15) is 35.3 Å². The minimum Gasteiger partial charge on any atom is -0.349 e. The zero-order valence-electron chi connectivity index (χ0n) is 11.7. The number of aromatic amines is 1. The Labute approximate surface area is 122 Å². The Balaban J connectivity index is 1.76. The Morgan fingerprint density at radius 3 is 2.65 bits per heavy atom. The van der Waals surface area contributed by atoms with Crippen LogP contribution in [0.15, 0.2) is 18.2 Å². The van der Waals surface area contributed by atoms with Crippen molar-refractivity contribution in [2.75, 3.05) is 7.05 Å². The third-order valence-corrected chi connectivity index (χ3v) is 5.59. The fourth-order valence-corrected chi connectivity index (χ4v) is 3.98. The summed E-state index contributed by atoms with van der Waals surface area (Å²) in [4.78, 5) is 17.9. The molecule has 4 heteroatoms. The van der Waals surface area contributed by atoms with Crippen molar-refractivity contribution >= 4 is 28.4 Å². The number of H-pyrrole nitrogens is 1. The molecule has 3 nitrogen and oxygen atoms in total. The van der Waals surface area contributed by atoms with Crippen molar-refractivity contribution in [2.45, 2.75) is 31.7 Å². The molecule has 104 valence electrons. The van der Waals surface area contributed by atoms with Crippen molar-refractivity contribution in [3.8, 4) is 0 Å². The van der Waals surface area contributed by atoms with Gasteiger partial charge in [0.2, 0.25) is 0 Å². The Hall–Kier alpha value is -1.48. The number of amides is 1. The number of hydrogen-bond acceptors (Lipinski definition) is 1. The molecule has 5 rings (SSSR count). The van der Waals surface area contributed by atoms with Crippen molar-refractivity contribution in [3.05, 3.63) is 34.5 Å². The molecule has 0 unspecified atom stereocenters. The highest BCUT2D eigenvalue weighted by Crippen LogP contribution is 2.60. The molecule has 0 atom stereocenters. The topological polar surface area (TPSA) is 36.1 Å². The first-order valence-electron chi connectivity index (χ1n) is 7.07. The summed E-state index contributed by atoms with van der Waals surface area (Å²) in [6.07, 6.45) is 3.53. The number of aromatic nitrogens is 1. The molecule has 0 aliphatic heterocycles. The van der Waals surface area contributed by atoms with E-state index in [1.165, 1.54) is 19.3 Å². The summed E-state index contributed by atoms with van der Waals surface area (Å²) < 4.78 is 0. The number of fused-ring (bicyclic) bond motifs is 1. The van der Waals surface area contributed by atoms with E-state index in [1.54, 1.807) is 0 Å². The Kier molecular flexibility index (Phi) is 2.33. The van der Waals surface area contributed by atoms with Crippen LogP contribution in [-0.4, -0.2) is 28.4 Å². The van der Waals surface area contributed by atoms with Crippen molar-refractivity contribution in [1.29, 1.82) is 0 Å². The molecule has 3 aliphatic rings. The molecule has 1 heterocycles. The first kappa shape index (κ1) is 12.3. The molecule has 3 aliphatic carbocycles. The normalized spacial score (nSPS) is 27.1. The van der Waals surface area contributed by atoms with Gasteiger partial charge >= 0.3 is 0 Å². The summed E-state index contributed by atoms with van der Waals surface area (Å²) in [5.41, 5.74) is 2.68. The molecule has 2 aromatic rings. The van der Waals surface area contributed by atoms with Crippen LogP contribution < -0.4 is 0 Å². The second-order valence-electron chi connectivity index (χ2n) is 6.35. The fraction of sp³-hybridized carbons (Fsp3) is 0.438. The van der Waals surface area contributed by atoms with E-state index >= 15 is 0 Å². The predicted octanol–water partition coefficient (Wildman–Crippen LogP) is 3.75. The maximum Gasteiger partial charge on any atom is 0.270 e. The number of rotatable bonds is 2. The number of para-hydroxylation sites is 1. The standard InChI is InChI=1S/C16H17ClN2O/c1-9-11-4-3-5-12(17)14(11)18-13(9)15(20)19(2)16-6-10(7-16)8-16/h3-5,10,18H,6-8H2,1-2H3. The summed E-state index contributed by atoms with van der Waals surface area (Å²) in [5, 5.41) is 1.70. The molecule has 0 radical (unpaired) electrons. The molecule has 0 saturated heterocycles. The van der Waals surface area contributed by atoms with Gasteiger partial charge in [-0.15, -0.1) is 0 Å². The van der Waals surface area contributed by atoms with Crippen LogP contribution in [0.3, 0.4) is 0 Å². The lowest BCUT2D eigenvalue weighted by molar-refractivity contribution is -0.114. The summed E-state index contributed by atoms with van der Waals surface area (Å²) in [6, 6.07) is 5.77. The number of carbonyl (C=O) groups is 1. The molecule has 1 amide bonds. The lowest BCUT2D eigenvalue weighted by Crippen LogP contribution is -2.68. The molecule has 3 fully saturated rings. The number of hydrogen-bond donors (Lipinski definition) is 1. The van der Waals surface area contributed by atoms with E-state index in [4.69, 9.17) is 11.6 Å². The van der Waals surface area contributed by atoms with Crippen LogP contribution in [-0.2, 0) is 0 Å². The van der Waals surface area contributed by atoms with E-state index in [-0.39, 0.29) is 11.4 Å². The summed E-state index contributed by atoms with van der Waals surface area (Å²) >= 11 is 6.21. The highest BCUT2D eigenvalue weighted by atomic mass is 35.5. The average molecular weight is 289 g/mol. The van der Waals surface area contributed by atoms with Crippen LogP contribution >= 0.6 is 11.6 Å². The molecule has 1 N–H and O–H groups in total. The van der Waals surface area contributed by atoms with Gasteiger partial charge < -0.3 is 9.88 Å². The molecule has 0 spiro atoms. The fourth-order valence-electron chi connectivity index (χ4n) is 3.76. The Bertz CT molecular complexity index is 716. The van der Waals surface area contributed by atoms with E-state index in [0.717, 1.165) is 22.4 Å². The van der Waals surface area contributed by atoms with Gasteiger partial charge in [0.15, 0.2) is 0 Å². The second kappa shape index (κ2) is 3.79. The van der Waals surface area contributed by atoms with Crippen LogP contribution in [0.2, 0.25) is 5.02 Å². The van der Waals surface area contributed by atoms with Gasteiger partial charge in [-0.05, 0) is 43.7 Å². The maximum absolute atomic E-state index is 12.8. The number of aryl methyl sites for hydroxylation is 1. The van der Waals surface area contributed by atoms with Gasteiger partial charge in [-0.2, -0.15) is 0 Å². The molecule has 2 bridgehead atoms. The number of carbonyl (C=O) groups excluding carboxylic acids is 1. The third kappa shape index (κ3) is 1.39. The quantitative estimate of drug-likeness (QED) is 0.897. The lowest BCUT2D eigenvalue weighted by atomic mass is 9.49. The zero-order valence-corrected chi connectivity index (χ0v) is 12.4. The largest absolute Gasteiger partial charge is 0.349 e. The van der Waals surface area contributed by atoms with Gasteiger partial charge in [0.25, 0.3) is 5.91 Å². The molecule has 1 aromatic carbocycles. The Morgan fingerprint density at radius 1 is 1.40 bits per heavy atom. The van der Waals surface area contributed by atoms with Gasteiger partial charge in [0.1, 0.15) is 5.69 Å². The van der Waals surface area contributed by atoms with Crippen molar-refractivity contribution in [1.82, 2.24) is 9.88 Å². The van der Waals surface area contributed by atoms with Crippen LogP contribution in [0, 0.1) is 12.8 Å². The van der Waals surface area contributed by atoms with Crippen molar-refractivity contribution < 1.29 is 4.79 Å². The SMILES string of the molecule is Cc1c(C(=O)N(C)C23CC(C2)C3)[nH]c2c(Cl)cccc12. The monoisotopic (exact) mass is 288 g/mol. The average Bonchev–Trinajstić information content (AvgIpc) is 2.64. The zero-order chi connectivity index (χ0) is 14.1. The van der Waals surface area contributed by atoms with Crippen LogP contribution in [0.5, 0.6) is 0 Å². The molecule has 3 saturated carbocycles. The molecule has 1 aromatic heterocycles. The van der Waals surface area contributed by atoms with Gasteiger partial charge in [0.05, 0.1) is 10.5 Å².